The van der Waals surface area contributed by atoms with E-state index in [0.29, 0.717) is 10.0 Å². The second-order valence-electron chi connectivity index (χ2n) is 4.52. The molecule has 1 aromatic rings. The summed E-state index contributed by atoms with van der Waals surface area (Å²) in [6, 6.07) is 5.25. The summed E-state index contributed by atoms with van der Waals surface area (Å²) in [7, 11) is 0. The topological polar surface area (TPSA) is 23.5 Å². The maximum absolute atomic E-state index is 10.1. The Morgan fingerprint density at radius 2 is 1.94 bits per heavy atom. The fourth-order valence-electron chi connectivity index (χ4n) is 2.24. The van der Waals surface area contributed by atoms with Crippen molar-refractivity contribution in [3.8, 4) is 0 Å². The smallest absolute Gasteiger partial charge is 0.0816 e. The molecule has 2 rings (SSSR count). The van der Waals surface area contributed by atoms with Crippen molar-refractivity contribution in [1.29, 1.82) is 0 Å². The Bertz CT molecular complexity index is 378. The standard InChI is InChI=1S/C13H17Cl2NO/c14-10-3-4-11(12(15)9-10)13(17)5-8-16-6-1-2-7-16/h3-4,9,13,17H,1-2,5-8H2. The van der Waals surface area contributed by atoms with Gasteiger partial charge >= 0.3 is 0 Å². The zero-order valence-electron chi connectivity index (χ0n) is 9.70. The van der Waals surface area contributed by atoms with Gasteiger partial charge in [-0.25, -0.2) is 0 Å². The van der Waals surface area contributed by atoms with Crippen LogP contribution in [0.3, 0.4) is 0 Å². The third kappa shape index (κ3) is 3.59. The molecule has 0 bridgehead atoms. The molecule has 1 saturated heterocycles. The number of halogens is 2. The average molecular weight is 274 g/mol. The van der Waals surface area contributed by atoms with E-state index < -0.39 is 6.10 Å². The van der Waals surface area contributed by atoms with Crippen molar-refractivity contribution in [2.45, 2.75) is 25.4 Å². The van der Waals surface area contributed by atoms with Gasteiger partial charge in [-0.1, -0.05) is 29.3 Å². The van der Waals surface area contributed by atoms with Gasteiger partial charge in [-0.05, 0) is 50.0 Å². The molecule has 0 aliphatic carbocycles. The monoisotopic (exact) mass is 273 g/mol. The first-order chi connectivity index (χ1) is 8.16. The lowest BCUT2D eigenvalue weighted by molar-refractivity contribution is 0.149. The molecule has 1 aliphatic heterocycles. The van der Waals surface area contributed by atoms with Crippen LogP contribution in [-0.4, -0.2) is 29.6 Å². The third-order valence-corrected chi connectivity index (χ3v) is 3.80. The molecule has 94 valence electrons. The van der Waals surface area contributed by atoms with E-state index in [1.165, 1.54) is 12.8 Å². The van der Waals surface area contributed by atoms with Crippen molar-refractivity contribution in [2.75, 3.05) is 19.6 Å². The van der Waals surface area contributed by atoms with Crippen molar-refractivity contribution in [3.63, 3.8) is 0 Å². The highest BCUT2D eigenvalue weighted by atomic mass is 35.5. The van der Waals surface area contributed by atoms with Crippen LogP contribution < -0.4 is 0 Å². The minimum atomic E-state index is -0.500. The molecule has 1 aliphatic rings. The average Bonchev–Trinajstić information content (AvgIpc) is 2.78. The van der Waals surface area contributed by atoms with E-state index in [0.717, 1.165) is 31.6 Å². The maximum Gasteiger partial charge on any atom is 0.0816 e. The van der Waals surface area contributed by atoms with Gasteiger partial charge in [-0.15, -0.1) is 0 Å². The number of aliphatic hydroxyl groups is 1. The number of nitrogens with zero attached hydrogens (tertiary/aromatic N) is 1. The van der Waals surface area contributed by atoms with Gasteiger partial charge in [0.05, 0.1) is 6.10 Å². The maximum atomic E-state index is 10.1. The highest BCUT2D eigenvalue weighted by Gasteiger charge is 2.16. The highest BCUT2D eigenvalue weighted by Crippen LogP contribution is 2.28. The lowest BCUT2D eigenvalue weighted by Gasteiger charge is -2.18. The number of aliphatic hydroxyl groups excluding tert-OH is 1. The zero-order valence-corrected chi connectivity index (χ0v) is 11.2. The first kappa shape index (κ1) is 13.2. The van der Waals surface area contributed by atoms with Crippen LogP contribution in [0.25, 0.3) is 0 Å². The number of rotatable bonds is 4. The van der Waals surface area contributed by atoms with E-state index in [9.17, 15) is 5.11 Å². The van der Waals surface area contributed by atoms with Gasteiger partial charge < -0.3 is 10.0 Å². The number of benzene rings is 1. The molecule has 4 heteroatoms. The minimum Gasteiger partial charge on any atom is -0.388 e. The molecule has 17 heavy (non-hydrogen) atoms. The second kappa shape index (κ2) is 6.05. The molecule has 1 unspecified atom stereocenters. The summed E-state index contributed by atoms with van der Waals surface area (Å²) in [6.45, 7) is 3.24. The van der Waals surface area contributed by atoms with Gasteiger partial charge in [0.2, 0.25) is 0 Å². The Morgan fingerprint density at radius 1 is 1.24 bits per heavy atom. The first-order valence-corrected chi connectivity index (χ1v) is 6.78. The van der Waals surface area contributed by atoms with Crippen molar-refractivity contribution < 1.29 is 5.11 Å². The van der Waals surface area contributed by atoms with Crippen LogP contribution in [0.15, 0.2) is 18.2 Å². The molecule has 1 fully saturated rings. The van der Waals surface area contributed by atoms with Gasteiger partial charge in [-0.3, -0.25) is 0 Å². The molecule has 1 heterocycles. The normalized spacial score (nSPS) is 18.5. The molecule has 2 nitrogen and oxygen atoms in total. The van der Waals surface area contributed by atoms with E-state index in [1.54, 1.807) is 18.2 Å². The van der Waals surface area contributed by atoms with Crippen molar-refractivity contribution >= 4 is 23.2 Å². The Kier molecular flexibility index (Phi) is 4.69. The number of likely N-dealkylation sites (tertiary alicyclic amines) is 1. The molecular formula is C13H17Cl2NO. The third-order valence-electron chi connectivity index (χ3n) is 3.24. The summed E-state index contributed by atoms with van der Waals surface area (Å²) in [4.78, 5) is 2.38. The molecule has 0 radical (unpaired) electrons. The van der Waals surface area contributed by atoms with Gasteiger partial charge in [-0.2, -0.15) is 0 Å². The summed E-state index contributed by atoms with van der Waals surface area (Å²) in [6.07, 6.45) is 2.78. The van der Waals surface area contributed by atoms with E-state index in [2.05, 4.69) is 4.90 Å². The molecule has 1 N–H and O–H groups in total. The molecule has 0 aromatic heterocycles. The van der Waals surface area contributed by atoms with E-state index in [-0.39, 0.29) is 0 Å². The van der Waals surface area contributed by atoms with Crippen LogP contribution in [0.2, 0.25) is 10.0 Å². The van der Waals surface area contributed by atoms with Crippen LogP contribution in [0, 0.1) is 0 Å². The number of hydrogen-bond acceptors (Lipinski definition) is 2. The Hall–Kier alpha value is -0.280. The predicted molar refractivity (Wildman–Crippen MR) is 71.7 cm³/mol. The lowest BCUT2D eigenvalue weighted by atomic mass is 10.1. The van der Waals surface area contributed by atoms with Crippen molar-refractivity contribution in [1.82, 2.24) is 4.90 Å². The van der Waals surface area contributed by atoms with Gasteiger partial charge in [0, 0.05) is 16.6 Å². The van der Waals surface area contributed by atoms with Gasteiger partial charge in [0.1, 0.15) is 0 Å². The SMILES string of the molecule is OC(CCN1CCCC1)c1ccc(Cl)cc1Cl. The first-order valence-electron chi connectivity index (χ1n) is 6.02. The molecule has 1 aromatic carbocycles. The van der Waals surface area contributed by atoms with Gasteiger partial charge in [0.25, 0.3) is 0 Å². The summed E-state index contributed by atoms with van der Waals surface area (Å²) in [5.74, 6) is 0. The van der Waals surface area contributed by atoms with Crippen LogP contribution in [0.5, 0.6) is 0 Å². The molecule has 0 saturated carbocycles. The summed E-state index contributed by atoms with van der Waals surface area (Å²) < 4.78 is 0. The Labute approximate surface area is 112 Å². The van der Waals surface area contributed by atoms with Crippen LogP contribution >= 0.6 is 23.2 Å². The quantitative estimate of drug-likeness (QED) is 0.908. The molecule has 0 amide bonds. The fourth-order valence-corrected chi connectivity index (χ4v) is 2.77. The fraction of sp³-hybridized carbons (Fsp3) is 0.538. The van der Waals surface area contributed by atoms with E-state index >= 15 is 0 Å². The molecular weight excluding hydrogens is 257 g/mol. The van der Waals surface area contributed by atoms with Crippen molar-refractivity contribution in [2.24, 2.45) is 0 Å². The second-order valence-corrected chi connectivity index (χ2v) is 5.36. The minimum absolute atomic E-state index is 0.500. The summed E-state index contributed by atoms with van der Waals surface area (Å²) >= 11 is 11.9. The molecule has 1 atom stereocenters. The van der Waals surface area contributed by atoms with Crippen LogP contribution in [0.1, 0.15) is 30.9 Å². The predicted octanol–water partition coefficient (Wildman–Crippen LogP) is 3.51. The Morgan fingerprint density at radius 3 is 2.59 bits per heavy atom. The van der Waals surface area contributed by atoms with Crippen LogP contribution in [-0.2, 0) is 0 Å². The lowest BCUT2D eigenvalue weighted by Crippen LogP contribution is -2.22. The Balaban J connectivity index is 1.91. The van der Waals surface area contributed by atoms with E-state index in [1.807, 2.05) is 0 Å². The zero-order chi connectivity index (χ0) is 12.3. The molecule has 0 spiro atoms. The van der Waals surface area contributed by atoms with Crippen LogP contribution in [0.4, 0.5) is 0 Å². The van der Waals surface area contributed by atoms with Crippen molar-refractivity contribution in [3.05, 3.63) is 33.8 Å². The van der Waals surface area contributed by atoms with Gasteiger partial charge in [0.15, 0.2) is 0 Å². The summed E-state index contributed by atoms with van der Waals surface area (Å²) in [5, 5.41) is 11.2. The summed E-state index contributed by atoms with van der Waals surface area (Å²) in [5.41, 5.74) is 0.773. The largest absolute Gasteiger partial charge is 0.388 e. The highest BCUT2D eigenvalue weighted by molar-refractivity contribution is 6.35. The number of hydrogen-bond donors (Lipinski definition) is 1. The van der Waals surface area contributed by atoms with E-state index in [4.69, 9.17) is 23.2 Å².